The first-order valence-electron chi connectivity index (χ1n) is 3.93. The molecule has 1 heterocycles. The molecule has 1 aliphatic carbocycles. The highest BCUT2D eigenvalue weighted by molar-refractivity contribution is 5.96. The standard InChI is InChI=1S/C8H10N2O2/c1-8(2)3-5-7(6(11)4-8)10-12-9-5/h3-4H2,1-2H3. The van der Waals surface area contributed by atoms with Gasteiger partial charge in [-0.05, 0) is 10.6 Å². The van der Waals surface area contributed by atoms with Crippen LogP contribution < -0.4 is 0 Å². The van der Waals surface area contributed by atoms with Gasteiger partial charge in [-0.2, -0.15) is 0 Å². The zero-order valence-electron chi connectivity index (χ0n) is 7.13. The molecule has 0 amide bonds. The third-order valence-electron chi connectivity index (χ3n) is 2.11. The summed E-state index contributed by atoms with van der Waals surface area (Å²) < 4.78 is 4.51. The highest BCUT2D eigenvalue weighted by atomic mass is 16.6. The van der Waals surface area contributed by atoms with E-state index in [1.807, 2.05) is 13.8 Å². The second kappa shape index (κ2) is 2.15. The zero-order valence-corrected chi connectivity index (χ0v) is 7.13. The summed E-state index contributed by atoms with van der Waals surface area (Å²) in [7, 11) is 0. The molecule has 2 rings (SSSR count). The van der Waals surface area contributed by atoms with Crippen molar-refractivity contribution in [1.29, 1.82) is 0 Å². The molecule has 0 N–H and O–H groups in total. The molecule has 1 aliphatic rings. The predicted molar refractivity (Wildman–Crippen MR) is 40.7 cm³/mol. The Morgan fingerprint density at radius 1 is 1.33 bits per heavy atom. The average Bonchev–Trinajstić information content (AvgIpc) is 2.31. The van der Waals surface area contributed by atoms with Gasteiger partial charge in [0.15, 0.2) is 11.5 Å². The highest BCUT2D eigenvalue weighted by Gasteiger charge is 2.34. The van der Waals surface area contributed by atoms with Crippen molar-refractivity contribution in [3.05, 3.63) is 11.4 Å². The van der Waals surface area contributed by atoms with Crippen LogP contribution in [0.25, 0.3) is 0 Å². The average molecular weight is 166 g/mol. The summed E-state index contributed by atoms with van der Waals surface area (Å²) in [4.78, 5) is 11.4. The van der Waals surface area contributed by atoms with E-state index < -0.39 is 0 Å². The summed E-state index contributed by atoms with van der Waals surface area (Å²) >= 11 is 0. The van der Waals surface area contributed by atoms with Crippen LogP contribution in [0.4, 0.5) is 0 Å². The molecule has 1 aromatic rings. The van der Waals surface area contributed by atoms with Crippen LogP contribution in [0.3, 0.4) is 0 Å². The Balaban J connectivity index is 2.45. The molecule has 4 heteroatoms. The predicted octanol–water partition coefficient (Wildman–Crippen LogP) is 1.22. The number of Topliss-reactive ketones (excluding diaryl/α,β-unsaturated/α-hetero) is 1. The number of hydrogen-bond acceptors (Lipinski definition) is 4. The molecular formula is C8H10N2O2. The van der Waals surface area contributed by atoms with Crippen LogP contribution in [-0.4, -0.2) is 16.1 Å². The molecule has 0 unspecified atom stereocenters. The monoisotopic (exact) mass is 166 g/mol. The van der Waals surface area contributed by atoms with Crippen molar-refractivity contribution in [3.63, 3.8) is 0 Å². The second-order valence-corrected chi connectivity index (χ2v) is 4.00. The summed E-state index contributed by atoms with van der Waals surface area (Å²) in [6, 6.07) is 0. The van der Waals surface area contributed by atoms with E-state index in [0.29, 0.717) is 17.8 Å². The van der Waals surface area contributed by atoms with Crippen molar-refractivity contribution in [2.24, 2.45) is 5.41 Å². The van der Waals surface area contributed by atoms with Crippen LogP contribution in [0.1, 0.15) is 36.5 Å². The summed E-state index contributed by atoms with van der Waals surface area (Å²) in [6.45, 7) is 4.09. The van der Waals surface area contributed by atoms with Gasteiger partial charge < -0.3 is 0 Å². The molecule has 0 saturated carbocycles. The van der Waals surface area contributed by atoms with Crippen LogP contribution in [0, 0.1) is 5.41 Å². The van der Waals surface area contributed by atoms with E-state index in [1.165, 1.54) is 0 Å². The van der Waals surface area contributed by atoms with Crippen LogP contribution >= 0.6 is 0 Å². The van der Waals surface area contributed by atoms with E-state index in [0.717, 1.165) is 6.42 Å². The number of hydrogen-bond donors (Lipinski definition) is 0. The summed E-state index contributed by atoms with van der Waals surface area (Å²) in [5.74, 6) is 0.0440. The molecule has 64 valence electrons. The third-order valence-corrected chi connectivity index (χ3v) is 2.11. The van der Waals surface area contributed by atoms with E-state index in [9.17, 15) is 4.79 Å². The van der Waals surface area contributed by atoms with Crippen molar-refractivity contribution >= 4 is 5.78 Å². The van der Waals surface area contributed by atoms with Gasteiger partial charge in [0.2, 0.25) is 0 Å². The number of rotatable bonds is 0. The number of aromatic nitrogens is 2. The molecule has 4 nitrogen and oxygen atoms in total. The summed E-state index contributed by atoms with van der Waals surface area (Å²) in [6.07, 6.45) is 1.31. The van der Waals surface area contributed by atoms with Gasteiger partial charge in [-0.25, -0.2) is 4.63 Å². The van der Waals surface area contributed by atoms with Gasteiger partial charge in [-0.1, -0.05) is 19.0 Å². The molecule has 0 atom stereocenters. The number of carbonyl (C=O) groups excluding carboxylic acids is 1. The fourth-order valence-corrected chi connectivity index (χ4v) is 1.57. The number of carbonyl (C=O) groups is 1. The van der Waals surface area contributed by atoms with E-state index in [-0.39, 0.29) is 11.2 Å². The largest absolute Gasteiger partial charge is 0.292 e. The topological polar surface area (TPSA) is 56.0 Å². The normalized spacial score (nSPS) is 20.7. The molecule has 0 saturated heterocycles. The fourth-order valence-electron chi connectivity index (χ4n) is 1.57. The lowest BCUT2D eigenvalue weighted by Crippen LogP contribution is -2.26. The van der Waals surface area contributed by atoms with Gasteiger partial charge >= 0.3 is 0 Å². The highest BCUT2D eigenvalue weighted by Crippen LogP contribution is 2.32. The molecule has 0 aliphatic heterocycles. The van der Waals surface area contributed by atoms with E-state index in [1.54, 1.807) is 0 Å². The molecule has 0 aromatic carbocycles. The Morgan fingerprint density at radius 2 is 2.08 bits per heavy atom. The zero-order chi connectivity index (χ0) is 8.77. The lowest BCUT2D eigenvalue weighted by atomic mass is 9.77. The maximum Gasteiger partial charge on any atom is 0.187 e. The van der Waals surface area contributed by atoms with Gasteiger partial charge in [0.05, 0.1) is 0 Å². The van der Waals surface area contributed by atoms with Gasteiger partial charge in [0, 0.05) is 12.8 Å². The van der Waals surface area contributed by atoms with Crippen LogP contribution in [0.15, 0.2) is 4.63 Å². The Hall–Kier alpha value is -1.19. The van der Waals surface area contributed by atoms with Crippen LogP contribution in [0.5, 0.6) is 0 Å². The van der Waals surface area contributed by atoms with E-state index in [2.05, 4.69) is 14.9 Å². The molecule has 0 spiro atoms. The molecule has 0 radical (unpaired) electrons. The molecule has 0 fully saturated rings. The molecule has 0 bridgehead atoms. The van der Waals surface area contributed by atoms with Gasteiger partial charge in [-0.15, -0.1) is 0 Å². The van der Waals surface area contributed by atoms with Gasteiger partial charge in [0.1, 0.15) is 5.69 Å². The second-order valence-electron chi connectivity index (χ2n) is 4.00. The quantitative estimate of drug-likeness (QED) is 0.581. The maximum atomic E-state index is 11.4. The molecule has 1 aromatic heterocycles. The lowest BCUT2D eigenvalue weighted by molar-refractivity contribution is 0.0904. The van der Waals surface area contributed by atoms with Crippen LogP contribution in [0.2, 0.25) is 0 Å². The van der Waals surface area contributed by atoms with Gasteiger partial charge in [-0.3, -0.25) is 4.79 Å². The Kier molecular flexibility index (Phi) is 1.34. The Bertz CT molecular complexity index is 328. The number of fused-ring (bicyclic) bond motifs is 1. The number of nitrogens with zero attached hydrogens (tertiary/aromatic N) is 2. The Morgan fingerprint density at radius 3 is 2.83 bits per heavy atom. The maximum absolute atomic E-state index is 11.4. The first-order chi connectivity index (χ1) is 5.58. The number of ketones is 1. The fraction of sp³-hybridized carbons (Fsp3) is 0.625. The lowest BCUT2D eigenvalue weighted by Gasteiger charge is -2.25. The molecular weight excluding hydrogens is 156 g/mol. The van der Waals surface area contributed by atoms with E-state index >= 15 is 0 Å². The van der Waals surface area contributed by atoms with E-state index in [4.69, 9.17) is 0 Å². The minimum atomic E-state index is 0.00262. The third kappa shape index (κ3) is 1.03. The van der Waals surface area contributed by atoms with Crippen molar-refractivity contribution < 1.29 is 9.42 Å². The van der Waals surface area contributed by atoms with Crippen LogP contribution in [-0.2, 0) is 6.42 Å². The van der Waals surface area contributed by atoms with Crippen molar-refractivity contribution in [2.45, 2.75) is 26.7 Å². The smallest absolute Gasteiger partial charge is 0.187 e. The summed E-state index contributed by atoms with van der Waals surface area (Å²) in [5, 5.41) is 7.26. The minimum Gasteiger partial charge on any atom is -0.292 e. The SMILES string of the molecule is CC1(C)CC(=O)c2nonc2C1. The van der Waals surface area contributed by atoms with Crippen molar-refractivity contribution in [1.82, 2.24) is 10.3 Å². The first kappa shape index (κ1) is 7.46. The first-order valence-corrected chi connectivity index (χ1v) is 3.93. The Labute approximate surface area is 69.9 Å². The minimum absolute atomic E-state index is 0.00262. The summed E-state index contributed by atoms with van der Waals surface area (Å²) in [5.41, 5.74) is 1.13. The van der Waals surface area contributed by atoms with Gasteiger partial charge in [0.25, 0.3) is 0 Å². The van der Waals surface area contributed by atoms with Crippen molar-refractivity contribution in [2.75, 3.05) is 0 Å². The van der Waals surface area contributed by atoms with Crippen molar-refractivity contribution in [3.8, 4) is 0 Å². The molecule has 12 heavy (non-hydrogen) atoms.